The zero-order chi connectivity index (χ0) is 25.0. The summed E-state index contributed by atoms with van der Waals surface area (Å²) in [6.07, 6.45) is 3.13. The fourth-order valence-electron chi connectivity index (χ4n) is 3.36. The Bertz CT molecular complexity index is 1210. The molecule has 0 saturated heterocycles. The minimum absolute atomic E-state index is 0.000889. The number of amides is 1. The number of carbonyl (C=O) groups is 1. The number of hydrogen-bond acceptors (Lipinski definition) is 4. The van der Waals surface area contributed by atoms with Crippen molar-refractivity contribution in [2.75, 3.05) is 13.2 Å². The van der Waals surface area contributed by atoms with Gasteiger partial charge in [-0.2, -0.15) is 5.26 Å². The van der Waals surface area contributed by atoms with E-state index in [1.807, 2.05) is 43.3 Å². The molecule has 3 aromatic carbocycles. The van der Waals surface area contributed by atoms with Crippen molar-refractivity contribution in [3.63, 3.8) is 0 Å². The highest BCUT2D eigenvalue weighted by Gasteiger charge is 2.14. The average molecular weight is 537 g/mol. The number of nitrogens with zero attached hydrogens (tertiary/aromatic N) is 1. The quantitative estimate of drug-likeness (QED) is 0.179. The van der Waals surface area contributed by atoms with E-state index in [4.69, 9.17) is 9.47 Å². The second-order valence-electron chi connectivity index (χ2n) is 7.69. The van der Waals surface area contributed by atoms with Crippen LogP contribution in [0.5, 0.6) is 11.5 Å². The molecule has 1 amide bonds. The normalized spacial score (nSPS) is 11.0. The van der Waals surface area contributed by atoms with Crippen molar-refractivity contribution >= 4 is 27.9 Å². The summed E-state index contributed by atoms with van der Waals surface area (Å²) in [6.45, 7) is 2.95. The topological polar surface area (TPSA) is 71.3 Å². The highest BCUT2D eigenvalue weighted by atomic mass is 79.9. The number of nitrogens with one attached hydrogen (secondary N) is 1. The van der Waals surface area contributed by atoms with E-state index in [0.29, 0.717) is 34.7 Å². The van der Waals surface area contributed by atoms with Crippen molar-refractivity contribution in [3.8, 4) is 17.6 Å². The van der Waals surface area contributed by atoms with Crippen LogP contribution in [0.25, 0.3) is 6.08 Å². The summed E-state index contributed by atoms with van der Waals surface area (Å²) in [5.41, 5.74) is 2.62. The Morgan fingerprint density at radius 1 is 1.09 bits per heavy atom. The number of hydrogen-bond donors (Lipinski definition) is 1. The van der Waals surface area contributed by atoms with E-state index in [9.17, 15) is 14.4 Å². The molecule has 0 aromatic heterocycles. The lowest BCUT2D eigenvalue weighted by Gasteiger charge is -2.15. The van der Waals surface area contributed by atoms with Gasteiger partial charge in [0.05, 0.1) is 11.1 Å². The molecule has 3 rings (SSSR count). The number of ether oxygens (including phenoxy) is 2. The van der Waals surface area contributed by atoms with Gasteiger partial charge in [-0.1, -0.05) is 42.5 Å². The van der Waals surface area contributed by atoms with Crippen LogP contribution in [0.1, 0.15) is 30.0 Å². The molecule has 5 nitrogen and oxygen atoms in total. The van der Waals surface area contributed by atoms with Gasteiger partial charge in [0.2, 0.25) is 0 Å². The van der Waals surface area contributed by atoms with Crippen molar-refractivity contribution in [1.82, 2.24) is 5.32 Å². The first-order valence-electron chi connectivity index (χ1n) is 11.3. The standard InChI is InChI=1S/C28H26BrFN2O3/c1-2-34-26-17-22(16-25(29)27(26)35-19-21-10-12-24(30)13-11-21)15-23(18-31)28(33)32-14-6-9-20-7-4-3-5-8-20/h3-5,7-8,10-13,15-17H,2,6,9,14,19H2,1H3,(H,32,33)/b23-15-. The highest BCUT2D eigenvalue weighted by Crippen LogP contribution is 2.38. The number of nitriles is 1. The summed E-state index contributed by atoms with van der Waals surface area (Å²) in [5.74, 6) is 0.217. The van der Waals surface area contributed by atoms with E-state index in [0.717, 1.165) is 18.4 Å². The lowest BCUT2D eigenvalue weighted by Crippen LogP contribution is -2.25. The van der Waals surface area contributed by atoms with Gasteiger partial charge in [0, 0.05) is 6.54 Å². The lowest BCUT2D eigenvalue weighted by atomic mass is 10.1. The van der Waals surface area contributed by atoms with Crippen molar-refractivity contribution in [1.29, 1.82) is 5.26 Å². The van der Waals surface area contributed by atoms with Crippen LogP contribution in [-0.4, -0.2) is 19.1 Å². The van der Waals surface area contributed by atoms with Crippen LogP contribution in [0.2, 0.25) is 0 Å². The van der Waals surface area contributed by atoms with E-state index >= 15 is 0 Å². The summed E-state index contributed by atoms with van der Waals surface area (Å²) in [4.78, 5) is 12.5. The largest absolute Gasteiger partial charge is 0.490 e. The molecule has 0 radical (unpaired) electrons. The van der Waals surface area contributed by atoms with Crippen LogP contribution in [0.15, 0.2) is 76.8 Å². The molecule has 180 valence electrons. The van der Waals surface area contributed by atoms with Crippen molar-refractivity contribution in [2.24, 2.45) is 0 Å². The van der Waals surface area contributed by atoms with Gasteiger partial charge in [-0.25, -0.2) is 4.39 Å². The second kappa shape index (κ2) is 13.3. The highest BCUT2D eigenvalue weighted by molar-refractivity contribution is 9.10. The Kier molecular flexibility index (Phi) is 9.88. The molecule has 7 heteroatoms. The third-order valence-electron chi connectivity index (χ3n) is 5.07. The summed E-state index contributed by atoms with van der Waals surface area (Å²) in [5, 5.41) is 12.4. The molecule has 0 bridgehead atoms. The number of aryl methyl sites for hydroxylation is 1. The summed E-state index contributed by atoms with van der Waals surface area (Å²) >= 11 is 3.50. The Morgan fingerprint density at radius 3 is 2.51 bits per heavy atom. The van der Waals surface area contributed by atoms with Gasteiger partial charge in [-0.05, 0) is 82.7 Å². The SMILES string of the molecule is CCOc1cc(/C=C(/C#N)C(=O)NCCCc2ccccc2)cc(Br)c1OCc1ccc(F)cc1. The minimum Gasteiger partial charge on any atom is -0.490 e. The van der Waals surface area contributed by atoms with Crippen LogP contribution in [-0.2, 0) is 17.8 Å². The molecule has 35 heavy (non-hydrogen) atoms. The first-order chi connectivity index (χ1) is 17.0. The molecule has 0 fully saturated rings. The molecule has 0 heterocycles. The molecule has 0 aliphatic rings. The van der Waals surface area contributed by atoms with E-state index in [-0.39, 0.29) is 18.0 Å². The Hall–Kier alpha value is -3.63. The van der Waals surface area contributed by atoms with Crippen molar-refractivity contribution < 1.29 is 18.7 Å². The van der Waals surface area contributed by atoms with E-state index in [2.05, 4.69) is 21.2 Å². The zero-order valence-electron chi connectivity index (χ0n) is 19.4. The van der Waals surface area contributed by atoms with Crippen molar-refractivity contribution in [3.05, 3.63) is 99.3 Å². The van der Waals surface area contributed by atoms with Crippen LogP contribution < -0.4 is 14.8 Å². The molecule has 3 aromatic rings. The fourth-order valence-corrected chi connectivity index (χ4v) is 3.93. The minimum atomic E-state index is -0.425. The van der Waals surface area contributed by atoms with E-state index in [1.54, 1.807) is 24.3 Å². The number of halogens is 2. The molecule has 0 saturated carbocycles. The van der Waals surface area contributed by atoms with Gasteiger partial charge in [0.1, 0.15) is 24.1 Å². The molecule has 0 unspecified atom stereocenters. The maximum absolute atomic E-state index is 13.1. The second-order valence-corrected chi connectivity index (χ2v) is 8.55. The third kappa shape index (κ3) is 7.97. The van der Waals surface area contributed by atoms with Gasteiger partial charge in [-0.15, -0.1) is 0 Å². The van der Waals surface area contributed by atoms with Crippen LogP contribution >= 0.6 is 15.9 Å². The number of benzene rings is 3. The average Bonchev–Trinajstić information content (AvgIpc) is 2.86. The van der Waals surface area contributed by atoms with Crippen LogP contribution in [0, 0.1) is 17.1 Å². The predicted octanol–water partition coefficient (Wildman–Crippen LogP) is 6.22. The molecular weight excluding hydrogens is 511 g/mol. The Labute approximate surface area is 213 Å². The summed E-state index contributed by atoms with van der Waals surface area (Å²) in [7, 11) is 0. The van der Waals surface area contributed by atoms with Crippen LogP contribution in [0.3, 0.4) is 0 Å². The molecule has 0 aliphatic heterocycles. The first kappa shape index (κ1) is 26.0. The zero-order valence-corrected chi connectivity index (χ0v) is 21.0. The Morgan fingerprint density at radius 2 is 1.83 bits per heavy atom. The number of carbonyl (C=O) groups excluding carboxylic acids is 1. The Balaban J connectivity index is 1.68. The third-order valence-corrected chi connectivity index (χ3v) is 5.66. The smallest absolute Gasteiger partial charge is 0.261 e. The van der Waals surface area contributed by atoms with Crippen LogP contribution in [0.4, 0.5) is 4.39 Å². The van der Waals surface area contributed by atoms with Gasteiger partial charge >= 0.3 is 0 Å². The molecule has 1 N–H and O–H groups in total. The predicted molar refractivity (Wildman–Crippen MR) is 137 cm³/mol. The molecule has 0 spiro atoms. The van der Waals surface area contributed by atoms with Gasteiger partial charge in [0.25, 0.3) is 5.91 Å². The molecular formula is C28H26BrFN2O3. The van der Waals surface area contributed by atoms with E-state index in [1.165, 1.54) is 23.8 Å². The first-order valence-corrected chi connectivity index (χ1v) is 12.1. The monoisotopic (exact) mass is 536 g/mol. The lowest BCUT2D eigenvalue weighted by molar-refractivity contribution is -0.117. The fraction of sp³-hybridized carbons (Fsp3) is 0.214. The van der Waals surface area contributed by atoms with Crippen molar-refractivity contribution in [2.45, 2.75) is 26.4 Å². The van der Waals surface area contributed by atoms with E-state index < -0.39 is 5.91 Å². The maximum Gasteiger partial charge on any atom is 0.261 e. The van der Waals surface area contributed by atoms with Gasteiger partial charge < -0.3 is 14.8 Å². The number of rotatable bonds is 11. The summed E-state index contributed by atoms with van der Waals surface area (Å²) in [6, 6.07) is 21.5. The van der Waals surface area contributed by atoms with Gasteiger partial charge in [-0.3, -0.25) is 4.79 Å². The van der Waals surface area contributed by atoms with Gasteiger partial charge in [0.15, 0.2) is 11.5 Å². The maximum atomic E-state index is 13.1. The summed E-state index contributed by atoms with van der Waals surface area (Å²) < 4.78 is 25.4. The molecule has 0 aliphatic carbocycles. The molecule has 0 atom stereocenters.